The molecule has 0 aliphatic carbocycles. The summed E-state index contributed by atoms with van der Waals surface area (Å²) in [5.41, 5.74) is 8.75. The van der Waals surface area contributed by atoms with Crippen LogP contribution in [0.4, 0.5) is 10.8 Å². The number of anilines is 2. The van der Waals surface area contributed by atoms with Crippen molar-refractivity contribution in [2.45, 2.75) is 13.5 Å². The van der Waals surface area contributed by atoms with Crippen molar-refractivity contribution in [3.05, 3.63) is 48.0 Å². The first-order valence-corrected chi connectivity index (χ1v) is 7.70. The zero-order valence-corrected chi connectivity index (χ0v) is 12.6. The molecule has 21 heavy (non-hydrogen) atoms. The number of rotatable bonds is 5. The van der Waals surface area contributed by atoms with Crippen LogP contribution in [0.25, 0.3) is 10.2 Å². The summed E-state index contributed by atoms with van der Waals surface area (Å²) in [6.07, 6.45) is 0. The molecule has 108 valence electrons. The Morgan fingerprint density at radius 1 is 1.24 bits per heavy atom. The third-order valence-corrected chi connectivity index (χ3v) is 4.08. The molecular formula is C16H17N3OS. The lowest BCUT2D eigenvalue weighted by Gasteiger charge is -2.11. The topological polar surface area (TPSA) is 60.2 Å². The maximum absolute atomic E-state index is 5.78. The highest BCUT2D eigenvalue weighted by atomic mass is 32.1. The maximum atomic E-state index is 5.78. The summed E-state index contributed by atoms with van der Waals surface area (Å²) in [6, 6.07) is 14.0. The van der Waals surface area contributed by atoms with Gasteiger partial charge in [-0.2, -0.15) is 0 Å². The van der Waals surface area contributed by atoms with E-state index < -0.39 is 0 Å². The maximum Gasteiger partial charge on any atom is 0.188 e. The van der Waals surface area contributed by atoms with Gasteiger partial charge >= 0.3 is 0 Å². The molecule has 2 aromatic carbocycles. The number of benzene rings is 2. The molecule has 0 saturated carbocycles. The van der Waals surface area contributed by atoms with E-state index in [0.29, 0.717) is 13.2 Å². The van der Waals surface area contributed by atoms with Crippen LogP contribution >= 0.6 is 11.3 Å². The summed E-state index contributed by atoms with van der Waals surface area (Å²) in [5.74, 6) is 0.842. The molecule has 0 amide bonds. The molecule has 0 saturated heterocycles. The lowest BCUT2D eigenvalue weighted by molar-refractivity contribution is 0.336. The Morgan fingerprint density at radius 3 is 2.86 bits per heavy atom. The number of hydrogen-bond donors (Lipinski definition) is 2. The normalized spacial score (nSPS) is 10.8. The lowest BCUT2D eigenvalue weighted by Crippen LogP contribution is -2.03. The SMILES string of the molecule is CCOc1ccc(Nc2nc3ccccc3s2)cc1CN. The molecule has 1 aromatic heterocycles. The van der Waals surface area contributed by atoms with Gasteiger partial charge in [0.1, 0.15) is 5.75 Å². The number of ether oxygens (including phenoxy) is 1. The fourth-order valence-electron chi connectivity index (χ4n) is 2.16. The summed E-state index contributed by atoms with van der Waals surface area (Å²) in [7, 11) is 0. The molecule has 1 heterocycles. The van der Waals surface area contributed by atoms with Crippen molar-refractivity contribution in [3.63, 3.8) is 0 Å². The fraction of sp³-hybridized carbons (Fsp3) is 0.188. The second-order valence-electron chi connectivity index (χ2n) is 4.57. The predicted molar refractivity (Wildman–Crippen MR) is 88.4 cm³/mol. The Morgan fingerprint density at radius 2 is 2.10 bits per heavy atom. The summed E-state index contributed by atoms with van der Waals surface area (Å²) in [4.78, 5) is 4.57. The van der Waals surface area contributed by atoms with Crippen molar-refractivity contribution < 1.29 is 4.74 Å². The smallest absolute Gasteiger partial charge is 0.188 e. The van der Waals surface area contributed by atoms with Gasteiger partial charge in [0.15, 0.2) is 5.13 Å². The summed E-state index contributed by atoms with van der Waals surface area (Å²) in [5, 5.41) is 4.21. The number of nitrogens with zero attached hydrogens (tertiary/aromatic N) is 1. The number of thiazole rings is 1. The van der Waals surface area contributed by atoms with E-state index in [2.05, 4.69) is 16.4 Å². The molecular weight excluding hydrogens is 282 g/mol. The number of hydrogen-bond acceptors (Lipinski definition) is 5. The van der Waals surface area contributed by atoms with Crippen molar-refractivity contribution in [1.82, 2.24) is 4.98 Å². The van der Waals surface area contributed by atoms with Crippen molar-refractivity contribution in [2.24, 2.45) is 5.73 Å². The molecule has 3 N–H and O–H groups in total. The zero-order chi connectivity index (χ0) is 14.7. The molecule has 0 bridgehead atoms. The quantitative estimate of drug-likeness (QED) is 0.750. The second-order valence-corrected chi connectivity index (χ2v) is 5.60. The molecule has 0 radical (unpaired) electrons. The first kappa shape index (κ1) is 13.9. The van der Waals surface area contributed by atoms with Crippen molar-refractivity contribution in [2.75, 3.05) is 11.9 Å². The molecule has 0 aliphatic heterocycles. The van der Waals surface area contributed by atoms with Gasteiger partial charge in [0.25, 0.3) is 0 Å². The largest absolute Gasteiger partial charge is 0.494 e. The van der Waals surface area contributed by atoms with E-state index in [1.165, 1.54) is 4.70 Å². The van der Waals surface area contributed by atoms with Crippen LogP contribution in [0.5, 0.6) is 5.75 Å². The lowest BCUT2D eigenvalue weighted by atomic mass is 10.2. The minimum atomic E-state index is 0.449. The number of fused-ring (bicyclic) bond motifs is 1. The molecule has 5 heteroatoms. The highest BCUT2D eigenvalue weighted by Gasteiger charge is 2.06. The average Bonchev–Trinajstić information content (AvgIpc) is 2.91. The highest BCUT2D eigenvalue weighted by Crippen LogP contribution is 2.30. The van der Waals surface area contributed by atoms with Gasteiger partial charge in [0.05, 0.1) is 16.8 Å². The molecule has 4 nitrogen and oxygen atoms in total. The molecule has 0 spiro atoms. The molecule has 0 atom stereocenters. The first-order chi connectivity index (χ1) is 10.3. The van der Waals surface area contributed by atoms with Crippen LogP contribution in [-0.2, 0) is 6.54 Å². The summed E-state index contributed by atoms with van der Waals surface area (Å²) >= 11 is 1.64. The van der Waals surface area contributed by atoms with Crippen LogP contribution in [-0.4, -0.2) is 11.6 Å². The van der Waals surface area contributed by atoms with Gasteiger partial charge < -0.3 is 15.8 Å². The van der Waals surface area contributed by atoms with Gasteiger partial charge in [0.2, 0.25) is 0 Å². The Bertz CT molecular complexity index is 721. The van der Waals surface area contributed by atoms with Gasteiger partial charge in [-0.05, 0) is 37.3 Å². The van der Waals surface area contributed by atoms with Gasteiger partial charge in [-0.15, -0.1) is 0 Å². The van der Waals surface area contributed by atoms with Crippen LogP contribution in [0.3, 0.4) is 0 Å². The van der Waals surface area contributed by atoms with Crippen molar-refractivity contribution in [3.8, 4) is 5.75 Å². The fourth-order valence-corrected chi connectivity index (χ4v) is 3.05. The number of para-hydroxylation sites is 1. The Balaban J connectivity index is 1.86. The summed E-state index contributed by atoms with van der Waals surface area (Å²) < 4.78 is 6.73. The minimum Gasteiger partial charge on any atom is -0.494 e. The third kappa shape index (κ3) is 2.99. The molecule has 0 unspecified atom stereocenters. The summed E-state index contributed by atoms with van der Waals surface area (Å²) in [6.45, 7) is 3.05. The minimum absolute atomic E-state index is 0.449. The standard InChI is InChI=1S/C16H17N3OS/c1-2-20-14-8-7-12(9-11(14)10-17)18-16-19-13-5-3-4-6-15(13)21-16/h3-9H,2,10,17H2,1H3,(H,18,19). The van der Waals surface area contributed by atoms with E-state index in [1.54, 1.807) is 11.3 Å². The van der Waals surface area contributed by atoms with Crippen LogP contribution < -0.4 is 15.8 Å². The molecule has 0 fully saturated rings. The number of aromatic nitrogens is 1. The van der Waals surface area contributed by atoms with Crippen LogP contribution in [0.1, 0.15) is 12.5 Å². The van der Waals surface area contributed by atoms with Gasteiger partial charge in [0, 0.05) is 17.8 Å². The van der Waals surface area contributed by atoms with E-state index in [9.17, 15) is 0 Å². The predicted octanol–water partition coefficient (Wildman–Crippen LogP) is 3.90. The van der Waals surface area contributed by atoms with Crippen LogP contribution in [0.15, 0.2) is 42.5 Å². The van der Waals surface area contributed by atoms with E-state index in [-0.39, 0.29) is 0 Å². The highest BCUT2D eigenvalue weighted by molar-refractivity contribution is 7.22. The Hall–Kier alpha value is -2.11. The average molecular weight is 299 g/mol. The Kier molecular flexibility index (Phi) is 4.03. The third-order valence-electron chi connectivity index (χ3n) is 3.13. The number of nitrogens with one attached hydrogen (secondary N) is 1. The monoisotopic (exact) mass is 299 g/mol. The van der Waals surface area contributed by atoms with Gasteiger partial charge in [-0.3, -0.25) is 0 Å². The van der Waals surface area contributed by atoms with E-state index >= 15 is 0 Å². The van der Waals surface area contributed by atoms with Gasteiger partial charge in [-0.25, -0.2) is 4.98 Å². The number of nitrogens with two attached hydrogens (primary N) is 1. The van der Waals surface area contributed by atoms with E-state index in [4.69, 9.17) is 10.5 Å². The van der Waals surface area contributed by atoms with Gasteiger partial charge in [-0.1, -0.05) is 23.5 Å². The zero-order valence-electron chi connectivity index (χ0n) is 11.8. The first-order valence-electron chi connectivity index (χ1n) is 6.88. The molecule has 0 aliphatic rings. The van der Waals surface area contributed by atoms with Crippen LogP contribution in [0.2, 0.25) is 0 Å². The van der Waals surface area contributed by atoms with Crippen molar-refractivity contribution in [1.29, 1.82) is 0 Å². The van der Waals surface area contributed by atoms with E-state index in [1.807, 2.05) is 43.3 Å². The van der Waals surface area contributed by atoms with Crippen LogP contribution in [0, 0.1) is 0 Å². The molecule has 3 aromatic rings. The molecule has 3 rings (SSSR count). The van der Waals surface area contributed by atoms with Crippen molar-refractivity contribution >= 4 is 32.4 Å². The second kappa shape index (κ2) is 6.11. The van der Waals surface area contributed by atoms with E-state index in [0.717, 1.165) is 27.6 Å². The Labute approximate surface area is 127 Å².